The smallest absolute Gasteiger partial charge is 0.326 e. The van der Waals surface area contributed by atoms with Crippen molar-refractivity contribution in [1.29, 1.82) is 0 Å². The third kappa shape index (κ3) is 2.89. The summed E-state index contributed by atoms with van der Waals surface area (Å²) in [5.41, 5.74) is 0.742. The van der Waals surface area contributed by atoms with Gasteiger partial charge in [0.05, 0.1) is 6.20 Å². The Balaban J connectivity index is 2.60. The fourth-order valence-corrected chi connectivity index (χ4v) is 1.07. The molecule has 1 rings (SSSR count). The highest BCUT2D eigenvalue weighted by atomic mass is 16.4. The summed E-state index contributed by atoms with van der Waals surface area (Å²) in [6, 6.07) is -0.898. The van der Waals surface area contributed by atoms with E-state index in [1.54, 1.807) is 6.20 Å². The second-order valence-corrected chi connectivity index (χ2v) is 2.90. The van der Waals surface area contributed by atoms with E-state index in [1.165, 1.54) is 13.1 Å². The predicted molar refractivity (Wildman–Crippen MR) is 47.5 cm³/mol. The quantitative estimate of drug-likeness (QED) is 0.608. The number of H-pyrrole nitrogens is 1. The van der Waals surface area contributed by atoms with Crippen LogP contribution in [0, 0.1) is 0 Å². The molecule has 0 saturated carbocycles. The van der Waals surface area contributed by atoms with Gasteiger partial charge >= 0.3 is 5.97 Å². The first-order valence-electron chi connectivity index (χ1n) is 4.07. The number of nitrogens with one attached hydrogen (secondary N) is 2. The fourth-order valence-electron chi connectivity index (χ4n) is 1.07. The molecule has 0 aliphatic carbocycles. The minimum absolute atomic E-state index is 0.228. The Morgan fingerprint density at radius 1 is 1.71 bits per heavy atom. The molecule has 0 saturated heterocycles. The van der Waals surface area contributed by atoms with Crippen LogP contribution in [-0.4, -0.2) is 33.2 Å². The SMILES string of the molecule is CC(=O)N[C@@H](Cc1cn[nH]c1)C(=O)O. The minimum Gasteiger partial charge on any atom is -0.480 e. The lowest BCUT2D eigenvalue weighted by Crippen LogP contribution is -2.41. The number of carboxylic acid groups (broad SMARTS) is 1. The molecule has 0 spiro atoms. The van der Waals surface area contributed by atoms with Crippen molar-refractivity contribution in [2.75, 3.05) is 0 Å². The maximum atomic E-state index is 10.7. The maximum absolute atomic E-state index is 10.7. The molecule has 0 radical (unpaired) electrons. The monoisotopic (exact) mass is 197 g/mol. The van der Waals surface area contributed by atoms with Crippen molar-refractivity contribution in [3.8, 4) is 0 Å². The molecule has 0 fully saturated rings. The van der Waals surface area contributed by atoms with Crippen molar-refractivity contribution in [3.63, 3.8) is 0 Å². The molecule has 0 aromatic carbocycles. The normalized spacial score (nSPS) is 12.1. The molecule has 1 amide bonds. The van der Waals surface area contributed by atoms with Crippen LogP contribution in [0.2, 0.25) is 0 Å². The van der Waals surface area contributed by atoms with E-state index in [0.717, 1.165) is 5.56 Å². The van der Waals surface area contributed by atoms with E-state index in [-0.39, 0.29) is 12.3 Å². The molecule has 6 nitrogen and oxygen atoms in total. The summed E-state index contributed by atoms with van der Waals surface area (Å²) >= 11 is 0. The average molecular weight is 197 g/mol. The second kappa shape index (κ2) is 4.40. The van der Waals surface area contributed by atoms with E-state index in [2.05, 4.69) is 15.5 Å². The third-order valence-electron chi connectivity index (χ3n) is 1.67. The zero-order valence-corrected chi connectivity index (χ0v) is 7.65. The van der Waals surface area contributed by atoms with Crippen molar-refractivity contribution in [2.24, 2.45) is 0 Å². The Bertz CT molecular complexity index is 321. The molecule has 3 N–H and O–H groups in total. The van der Waals surface area contributed by atoms with Crippen LogP contribution in [0.15, 0.2) is 12.4 Å². The van der Waals surface area contributed by atoms with Gasteiger partial charge in [-0.1, -0.05) is 0 Å². The molecule has 14 heavy (non-hydrogen) atoms. The van der Waals surface area contributed by atoms with E-state index < -0.39 is 12.0 Å². The number of amides is 1. The minimum atomic E-state index is -1.05. The summed E-state index contributed by atoms with van der Waals surface area (Å²) in [4.78, 5) is 21.4. The topological polar surface area (TPSA) is 95.1 Å². The number of carboxylic acids is 1. The van der Waals surface area contributed by atoms with Crippen LogP contribution in [0.25, 0.3) is 0 Å². The fraction of sp³-hybridized carbons (Fsp3) is 0.375. The molecule has 1 heterocycles. The molecule has 0 aliphatic rings. The molecule has 1 aromatic heterocycles. The van der Waals surface area contributed by atoms with E-state index in [9.17, 15) is 9.59 Å². The van der Waals surface area contributed by atoms with E-state index in [4.69, 9.17) is 5.11 Å². The van der Waals surface area contributed by atoms with Crippen molar-refractivity contribution in [1.82, 2.24) is 15.5 Å². The van der Waals surface area contributed by atoms with Crippen LogP contribution in [0.1, 0.15) is 12.5 Å². The molecule has 1 atom stereocenters. The summed E-state index contributed by atoms with van der Waals surface area (Å²) in [7, 11) is 0. The van der Waals surface area contributed by atoms with Gasteiger partial charge in [-0.25, -0.2) is 4.79 Å². The Morgan fingerprint density at radius 2 is 2.43 bits per heavy atom. The summed E-state index contributed by atoms with van der Waals surface area (Å²) in [5.74, 6) is -1.41. The Labute approximate surface area is 80.3 Å². The number of carbonyl (C=O) groups excluding carboxylic acids is 1. The molecular weight excluding hydrogens is 186 g/mol. The number of hydrogen-bond acceptors (Lipinski definition) is 3. The van der Waals surface area contributed by atoms with Gasteiger partial charge in [0.1, 0.15) is 6.04 Å². The van der Waals surface area contributed by atoms with E-state index >= 15 is 0 Å². The Morgan fingerprint density at radius 3 is 2.86 bits per heavy atom. The van der Waals surface area contributed by atoms with Gasteiger partial charge in [0.2, 0.25) is 5.91 Å². The number of aromatic nitrogens is 2. The molecular formula is C8H11N3O3. The van der Waals surface area contributed by atoms with Gasteiger partial charge in [-0.15, -0.1) is 0 Å². The highest BCUT2D eigenvalue weighted by Crippen LogP contribution is 2.00. The first kappa shape index (κ1) is 10.2. The van der Waals surface area contributed by atoms with Crippen molar-refractivity contribution in [3.05, 3.63) is 18.0 Å². The van der Waals surface area contributed by atoms with Crippen molar-refractivity contribution < 1.29 is 14.7 Å². The lowest BCUT2D eigenvalue weighted by Gasteiger charge is -2.11. The van der Waals surface area contributed by atoms with Crippen LogP contribution in [0.4, 0.5) is 0 Å². The first-order valence-corrected chi connectivity index (χ1v) is 4.07. The maximum Gasteiger partial charge on any atom is 0.326 e. The van der Waals surface area contributed by atoms with E-state index in [1.807, 2.05) is 0 Å². The zero-order valence-electron chi connectivity index (χ0n) is 7.65. The Hall–Kier alpha value is -1.85. The zero-order chi connectivity index (χ0) is 10.6. The molecule has 1 aromatic rings. The standard InChI is InChI=1S/C8H11N3O3/c1-5(12)11-7(8(13)14)2-6-3-9-10-4-6/h3-4,7H,2H2,1H3,(H,9,10)(H,11,12)(H,13,14)/t7-/m0/s1. The van der Waals surface area contributed by atoms with Gasteiger partial charge in [0, 0.05) is 19.5 Å². The highest BCUT2D eigenvalue weighted by molar-refractivity contribution is 5.82. The van der Waals surface area contributed by atoms with Gasteiger partial charge in [-0.2, -0.15) is 5.10 Å². The Kier molecular flexibility index (Phi) is 3.22. The van der Waals surface area contributed by atoms with Gasteiger partial charge in [0.25, 0.3) is 0 Å². The predicted octanol–water partition coefficient (Wildman–Crippen LogP) is -0.459. The van der Waals surface area contributed by atoms with Crippen LogP contribution < -0.4 is 5.32 Å². The summed E-state index contributed by atoms with van der Waals surface area (Å²) in [6.45, 7) is 1.28. The first-order chi connectivity index (χ1) is 6.59. The van der Waals surface area contributed by atoms with Gasteiger partial charge in [-0.05, 0) is 5.56 Å². The van der Waals surface area contributed by atoms with E-state index in [0.29, 0.717) is 0 Å². The van der Waals surface area contributed by atoms with Gasteiger partial charge in [-0.3, -0.25) is 9.89 Å². The highest BCUT2D eigenvalue weighted by Gasteiger charge is 2.18. The molecule has 0 unspecified atom stereocenters. The number of carbonyl (C=O) groups is 2. The average Bonchev–Trinajstić information content (AvgIpc) is 2.54. The molecule has 76 valence electrons. The van der Waals surface area contributed by atoms with Gasteiger partial charge < -0.3 is 10.4 Å². The lowest BCUT2D eigenvalue weighted by atomic mass is 10.1. The largest absolute Gasteiger partial charge is 0.480 e. The number of aromatic amines is 1. The lowest BCUT2D eigenvalue weighted by molar-refractivity contribution is -0.141. The molecule has 0 bridgehead atoms. The van der Waals surface area contributed by atoms with Crippen LogP contribution >= 0.6 is 0 Å². The summed E-state index contributed by atoms with van der Waals surface area (Å²) in [5, 5.41) is 17.4. The van der Waals surface area contributed by atoms with Crippen LogP contribution in [0.5, 0.6) is 0 Å². The summed E-state index contributed by atoms with van der Waals surface area (Å²) < 4.78 is 0. The van der Waals surface area contributed by atoms with Crippen LogP contribution in [-0.2, 0) is 16.0 Å². The number of aliphatic carboxylic acids is 1. The molecule has 0 aliphatic heterocycles. The van der Waals surface area contributed by atoms with Crippen molar-refractivity contribution in [2.45, 2.75) is 19.4 Å². The van der Waals surface area contributed by atoms with Crippen LogP contribution in [0.3, 0.4) is 0 Å². The van der Waals surface area contributed by atoms with Crippen molar-refractivity contribution >= 4 is 11.9 Å². The number of hydrogen-bond donors (Lipinski definition) is 3. The second-order valence-electron chi connectivity index (χ2n) is 2.90. The number of rotatable bonds is 4. The number of nitrogens with zero attached hydrogens (tertiary/aromatic N) is 1. The molecule has 6 heteroatoms. The van der Waals surface area contributed by atoms with Gasteiger partial charge in [0.15, 0.2) is 0 Å². The summed E-state index contributed by atoms with van der Waals surface area (Å²) in [6.07, 6.45) is 3.35. The third-order valence-corrected chi connectivity index (χ3v) is 1.67.